The fraction of sp³-hybridized carbons (Fsp3) is 0.231. The van der Waals surface area contributed by atoms with Crippen LogP contribution in [0.4, 0.5) is 5.69 Å². The Morgan fingerprint density at radius 2 is 1.95 bits per heavy atom. The predicted molar refractivity (Wildman–Crippen MR) is 77.8 cm³/mol. The Bertz CT molecular complexity index is 810. The normalized spacial score (nSPS) is 14.7. The smallest absolute Gasteiger partial charge is 0.267 e. The van der Waals surface area contributed by atoms with Crippen molar-refractivity contribution in [2.75, 3.05) is 5.73 Å². The van der Waals surface area contributed by atoms with E-state index in [4.69, 9.17) is 36.4 Å². The van der Waals surface area contributed by atoms with E-state index in [1.807, 2.05) is 0 Å². The van der Waals surface area contributed by atoms with E-state index in [-0.39, 0.29) is 45.0 Å². The molecule has 3 rings (SSSR count). The van der Waals surface area contributed by atoms with Gasteiger partial charge in [-0.3, -0.25) is 4.79 Å². The molecule has 0 bridgehead atoms. The number of hydrogen-bond donors (Lipinski definition) is 2. The number of fused-ring (bicyclic) bond motifs is 1. The van der Waals surface area contributed by atoms with Gasteiger partial charge >= 0.3 is 0 Å². The monoisotopic (exact) mass is 313 g/mol. The summed E-state index contributed by atoms with van der Waals surface area (Å²) >= 11 is 12.1. The van der Waals surface area contributed by atoms with Crippen LogP contribution in [0.15, 0.2) is 16.9 Å². The number of aromatic nitrogens is 2. The van der Waals surface area contributed by atoms with Crippen LogP contribution in [0.25, 0.3) is 0 Å². The summed E-state index contributed by atoms with van der Waals surface area (Å²) in [6.07, 6.45) is 2.14. The first kappa shape index (κ1) is 11.0. The Morgan fingerprint density at radius 1 is 1.30 bits per heavy atom. The highest BCUT2D eigenvalue weighted by Crippen LogP contribution is 2.39. The second kappa shape index (κ2) is 5.00. The third-order valence-electron chi connectivity index (χ3n) is 3.10. The van der Waals surface area contributed by atoms with Crippen LogP contribution < -0.4 is 16.0 Å². The molecular formula is C13H11Cl2N3O2. The Morgan fingerprint density at radius 3 is 2.65 bits per heavy atom. The zero-order chi connectivity index (χ0) is 16.0. The molecule has 0 atom stereocenters. The maximum atomic E-state index is 11.7. The van der Waals surface area contributed by atoms with Crippen molar-refractivity contribution in [3.63, 3.8) is 0 Å². The van der Waals surface area contributed by atoms with Gasteiger partial charge in [-0.2, -0.15) is 0 Å². The van der Waals surface area contributed by atoms with Crippen LogP contribution in [0.1, 0.15) is 20.3 Å². The summed E-state index contributed by atoms with van der Waals surface area (Å²) in [6, 6.07) is -0.459. The summed E-state index contributed by atoms with van der Waals surface area (Å²) < 4.78 is 21.2. The summed E-state index contributed by atoms with van der Waals surface area (Å²) in [6.45, 7) is 0. The maximum absolute atomic E-state index is 11.7. The number of nitrogens with two attached hydrogens (primary N) is 1. The maximum Gasteiger partial charge on any atom is 0.267 e. The van der Waals surface area contributed by atoms with Gasteiger partial charge in [-0.25, -0.2) is 5.10 Å². The van der Waals surface area contributed by atoms with Gasteiger partial charge < -0.3 is 10.5 Å². The third-order valence-corrected chi connectivity index (χ3v) is 3.63. The van der Waals surface area contributed by atoms with E-state index in [0.717, 1.165) is 6.42 Å². The van der Waals surface area contributed by atoms with Gasteiger partial charge in [0.1, 0.15) is 0 Å². The molecule has 5 nitrogen and oxygen atoms in total. The molecule has 0 unspecified atom stereocenters. The van der Waals surface area contributed by atoms with Crippen molar-refractivity contribution in [1.82, 2.24) is 10.2 Å². The summed E-state index contributed by atoms with van der Waals surface area (Å²) in [7, 11) is 0. The lowest BCUT2D eigenvalue weighted by Crippen LogP contribution is -2.15. The van der Waals surface area contributed by atoms with E-state index in [1.54, 1.807) is 0 Å². The van der Waals surface area contributed by atoms with Crippen molar-refractivity contribution in [3.8, 4) is 11.6 Å². The highest BCUT2D eigenvalue weighted by atomic mass is 35.5. The zero-order valence-electron chi connectivity index (χ0n) is 12.2. The largest absolute Gasteiger partial charge is 0.434 e. The van der Waals surface area contributed by atoms with E-state index < -0.39 is 0 Å². The molecule has 1 aliphatic rings. The molecule has 1 aromatic heterocycles. The molecule has 1 aromatic carbocycles. The van der Waals surface area contributed by atoms with Crippen molar-refractivity contribution in [2.24, 2.45) is 0 Å². The number of nitrogen functional groups attached to an aromatic ring is 1. The number of ether oxygens (including phenoxy) is 1. The van der Waals surface area contributed by atoms with Gasteiger partial charge in [-0.15, -0.1) is 5.10 Å². The minimum absolute atomic E-state index is 0.0545. The highest BCUT2D eigenvalue weighted by Gasteiger charge is 2.22. The molecule has 0 saturated heterocycles. The minimum atomic E-state index is -0.239. The van der Waals surface area contributed by atoms with Crippen molar-refractivity contribution >= 4 is 28.9 Å². The average molecular weight is 314 g/mol. The van der Waals surface area contributed by atoms with E-state index >= 15 is 0 Å². The van der Waals surface area contributed by atoms with E-state index in [9.17, 15) is 4.79 Å². The van der Waals surface area contributed by atoms with Crippen LogP contribution in [-0.4, -0.2) is 10.2 Å². The Balaban J connectivity index is 2.13. The summed E-state index contributed by atoms with van der Waals surface area (Å²) in [5, 5.41) is 6.05. The second-order valence-corrected chi connectivity index (χ2v) is 5.15. The number of anilines is 1. The molecule has 0 radical (unpaired) electrons. The number of nitrogens with zero attached hydrogens (tertiary/aromatic N) is 1. The van der Waals surface area contributed by atoms with Gasteiger partial charge in [0.05, 0.1) is 12.8 Å². The first-order chi connectivity index (χ1) is 10.4. The molecule has 3 N–H and O–H groups in total. The van der Waals surface area contributed by atoms with Crippen LogP contribution >= 0.6 is 23.2 Å². The van der Waals surface area contributed by atoms with Crippen LogP contribution in [0.5, 0.6) is 11.6 Å². The van der Waals surface area contributed by atoms with Crippen molar-refractivity contribution < 1.29 is 7.48 Å². The van der Waals surface area contributed by atoms with Gasteiger partial charge in [0.15, 0.2) is 5.75 Å². The molecule has 0 spiro atoms. The number of halogens is 2. The third kappa shape index (κ3) is 2.23. The number of benzene rings is 1. The molecule has 7 heteroatoms. The number of nitrogens with one attached hydrogen (secondary N) is 1. The second-order valence-electron chi connectivity index (χ2n) is 4.39. The Kier molecular flexibility index (Phi) is 2.75. The lowest BCUT2D eigenvalue weighted by molar-refractivity contribution is 0.448. The van der Waals surface area contributed by atoms with Gasteiger partial charge in [0.25, 0.3) is 5.56 Å². The van der Waals surface area contributed by atoms with E-state index in [1.165, 1.54) is 0 Å². The number of hydrogen-bond acceptors (Lipinski definition) is 4. The summed E-state index contributed by atoms with van der Waals surface area (Å²) in [5.41, 5.74) is 6.56. The standard InChI is InChI=1S/C13H11Cl2N3O2/c14-9-4-6(16)5-10(15)11(9)20-13-8-3-1-2-7(8)12(19)17-18-13/h4-5H,1-3,16H2,(H,17,19)/i4D,5D. The number of aromatic amines is 1. The summed E-state index contributed by atoms with van der Waals surface area (Å²) in [5.74, 6) is 0.126. The topological polar surface area (TPSA) is 81.0 Å². The molecule has 20 heavy (non-hydrogen) atoms. The van der Waals surface area contributed by atoms with Gasteiger partial charge in [0.2, 0.25) is 5.88 Å². The van der Waals surface area contributed by atoms with Crippen LogP contribution in [-0.2, 0) is 12.8 Å². The molecule has 104 valence electrons. The average Bonchev–Trinajstić information content (AvgIpc) is 3.00. The first-order valence-electron chi connectivity index (χ1n) is 6.93. The van der Waals surface area contributed by atoms with Crippen molar-refractivity contribution in [1.29, 1.82) is 0 Å². The molecule has 0 saturated carbocycles. The molecule has 2 aromatic rings. The van der Waals surface area contributed by atoms with Crippen molar-refractivity contribution in [2.45, 2.75) is 19.3 Å². The Hall–Kier alpha value is -1.72. The molecule has 0 amide bonds. The van der Waals surface area contributed by atoms with Gasteiger partial charge in [0, 0.05) is 16.8 Å². The fourth-order valence-corrected chi connectivity index (χ4v) is 2.73. The number of rotatable bonds is 2. The molecule has 1 aliphatic carbocycles. The summed E-state index contributed by atoms with van der Waals surface area (Å²) in [4.78, 5) is 11.7. The zero-order valence-corrected chi connectivity index (χ0v) is 11.7. The first-order valence-corrected chi connectivity index (χ1v) is 6.69. The van der Waals surface area contributed by atoms with Crippen LogP contribution in [0.3, 0.4) is 0 Å². The highest BCUT2D eigenvalue weighted by molar-refractivity contribution is 6.37. The van der Waals surface area contributed by atoms with Crippen LogP contribution in [0.2, 0.25) is 10.0 Å². The predicted octanol–water partition coefficient (Wildman–Crippen LogP) is 2.94. The van der Waals surface area contributed by atoms with E-state index in [2.05, 4.69) is 10.2 Å². The fourth-order valence-electron chi connectivity index (χ4n) is 2.22. The SMILES string of the molecule is [2H]c1c(N)c([2H])c(Cl)c(Oc2n[nH]c(=O)c3c2CCC3)c1Cl. The number of H-pyrrole nitrogens is 1. The minimum Gasteiger partial charge on any atom is -0.434 e. The lowest BCUT2D eigenvalue weighted by Gasteiger charge is -2.11. The molecule has 0 fully saturated rings. The molecular weight excluding hydrogens is 301 g/mol. The van der Waals surface area contributed by atoms with E-state index in [0.29, 0.717) is 24.0 Å². The van der Waals surface area contributed by atoms with Crippen LogP contribution in [0, 0.1) is 0 Å². The molecule has 1 heterocycles. The van der Waals surface area contributed by atoms with Gasteiger partial charge in [-0.1, -0.05) is 23.2 Å². The van der Waals surface area contributed by atoms with Crippen molar-refractivity contribution in [3.05, 3.63) is 43.6 Å². The molecule has 0 aliphatic heterocycles. The quantitative estimate of drug-likeness (QED) is 0.835. The Labute approximate surface area is 127 Å². The lowest BCUT2D eigenvalue weighted by atomic mass is 10.2. The van der Waals surface area contributed by atoms with Gasteiger partial charge in [-0.05, 0) is 31.3 Å².